The van der Waals surface area contributed by atoms with Crippen LogP contribution in [0.1, 0.15) is 235 Å². The molecule has 768 valence electrons. The van der Waals surface area contributed by atoms with Gasteiger partial charge in [0.15, 0.2) is 23.5 Å². The van der Waals surface area contributed by atoms with Crippen molar-refractivity contribution in [2.24, 2.45) is 104 Å². The minimum absolute atomic E-state index is 0.0123. The number of benzene rings is 2. The largest absolute Gasteiger partial charge is 0.445 e. The minimum atomic E-state index is -1.17. The predicted molar refractivity (Wildman–Crippen MR) is 523 cm³/mol. The summed E-state index contributed by atoms with van der Waals surface area (Å²) in [5, 5.41) is 26.9. The molecule has 13 amide bonds. The highest BCUT2D eigenvalue weighted by atomic mass is 32.2. The summed E-state index contributed by atoms with van der Waals surface area (Å²) in [4.78, 5) is 233. The van der Waals surface area contributed by atoms with Gasteiger partial charge in [-0.3, -0.25) is 82.1 Å². The molecule has 0 aromatic heterocycles. The lowest BCUT2D eigenvalue weighted by atomic mass is 9.81. The topological polar surface area (TPSA) is 596 Å². The van der Waals surface area contributed by atoms with Crippen molar-refractivity contribution < 1.29 is 101 Å². The molecule has 4 rings (SSSR count). The number of aliphatic hydroxyl groups is 1. The number of hydrogen-bond donors (Lipinski definition) is 13. The fourth-order valence-electron chi connectivity index (χ4n) is 17.2. The summed E-state index contributed by atoms with van der Waals surface area (Å²) in [6, 6.07) is 9.65. The highest BCUT2D eigenvalue weighted by molar-refractivity contribution is 8.00. The van der Waals surface area contributed by atoms with Crippen LogP contribution in [0.25, 0.3) is 0 Å². The Morgan fingerprint density at radius 3 is 1.82 bits per heavy atom. The van der Waals surface area contributed by atoms with Gasteiger partial charge in [-0.2, -0.15) is 0 Å². The molecule has 0 radical (unpaired) electrons. The van der Waals surface area contributed by atoms with Crippen LogP contribution in [-0.2, 0) is 92.7 Å². The molecule has 2 aliphatic rings. The molecule has 2 heterocycles. The number of Topliss-reactive ketones (excluding diaryl/α,β-unsaturated/α-hetero) is 4. The van der Waals surface area contributed by atoms with Crippen LogP contribution < -0.4 is 66.3 Å². The molecule has 2 aromatic carbocycles. The van der Waals surface area contributed by atoms with Crippen LogP contribution in [0.2, 0.25) is 0 Å². The molecule has 0 bridgehead atoms. The molecule has 2 aliphatic heterocycles. The number of imide groups is 1. The zero-order valence-electron chi connectivity index (χ0n) is 83.2. The molecule has 0 aliphatic carbocycles. The van der Waals surface area contributed by atoms with Gasteiger partial charge < -0.3 is 105 Å². The lowest BCUT2D eigenvalue weighted by Crippen LogP contribution is -2.60. The van der Waals surface area contributed by atoms with Crippen molar-refractivity contribution in [3.05, 3.63) is 65.7 Å². The minimum Gasteiger partial charge on any atom is -0.445 e. The summed E-state index contributed by atoms with van der Waals surface area (Å²) in [6.45, 7) is 23.0. The number of nitrogens with two attached hydrogens (primary N) is 6. The summed E-state index contributed by atoms with van der Waals surface area (Å²) in [5.41, 5.74) is 34.2. The normalized spacial score (nSPS) is 16.8. The van der Waals surface area contributed by atoms with E-state index in [2.05, 4.69) is 41.9 Å². The van der Waals surface area contributed by atoms with E-state index in [-0.39, 0.29) is 202 Å². The highest BCUT2D eigenvalue weighted by Gasteiger charge is 2.45. The number of amides is 13. The number of aliphatic imine (C=N–C) groups is 2. The summed E-state index contributed by atoms with van der Waals surface area (Å²) < 4.78 is 23.0. The van der Waals surface area contributed by atoms with Crippen LogP contribution in [0.5, 0.6) is 0 Å². The van der Waals surface area contributed by atoms with Crippen LogP contribution in [0.4, 0.5) is 15.3 Å². The predicted octanol–water partition coefficient (Wildman–Crippen LogP) is 5.99. The Hall–Kier alpha value is -10.7. The first-order valence-corrected chi connectivity index (χ1v) is 49.3. The second-order valence-corrected chi connectivity index (χ2v) is 38.6. The summed E-state index contributed by atoms with van der Waals surface area (Å²) in [5.74, 6) is -11.7. The standard InChI is InChI=1S/C97H158N18O21S/c1-16-61(8)86(77(133-15)54-81(122)114-45-26-33-73(114)64(11)65(12)74(117)50-62(9)87(124)67-28-19-17-20-29-67)112(13)93(130)84(59(4)5)111-91(128)85(60(6)7)113(14)97(132)136-56-66-36-38-71(39-37-66)108-89(126)69(31-24-42-107-96(103)131)52-76(119)83(58(2)3)110-80(121)35-21-18-22-44-115-82(123)55-78(92(115)129)137-57-70(88(125)104-43-47-135-49-48-134-46-27-34-79(98)120)53-75(118)72(32-25-41-106-95(101)102)109-90(127)68(51-63(10)116)30-23-40-105-94(99)100/h17,19-20,28-29,36-39,58-62,64-65,68-70,72-73,77-78,83-87,124H,16,18,21-27,30-35,40-57H2,1-15H3,(H2,98,120)(H,104,125)(H,108,126)(H,109,127)(H,110,121)(H,111,128)(H4,99,100,105)(H4,101,102,106)(H3,103,107,131)/t61-,62-,64+,65+,68-,69+,70+,72+,73-,77+,78?,83-,84-,85-,86?,87+/m0/s1. The summed E-state index contributed by atoms with van der Waals surface area (Å²) in [6.07, 6.45) is 1.52. The van der Waals surface area contributed by atoms with E-state index in [4.69, 9.17) is 53.3 Å². The molecule has 2 saturated heterocycles. The third-order valence-corrected chi connectivity index (χ3v) is 26.8. The van der Waals surface area contributed by atoms with E-state index in [1.165, 1.54) is 26.0 Å². The van der Waals surface area contributed by atoms with Gasteiger partial charge in [-0.25, -0.2) is 9.59 Å². The van der Waals surface area contributed by atoms with Crippen molar-refractivity contribution in [3.63, 3.8) is 0 Å². The second kappa shape index (κ2) is 62.3. The number of nitrogens with zero attached hydrogens (tertiary/aromatic N) is 6. The zero-order chi connectivity index (χ0) is 102. The van der Waals surface area contributed by atoms with Gasteiger partial charge in [0.1, 0.15) is 30.3 Å². The fraction of sp³-hybridized carbons (Fsp3) is 0.691. The number of anilines is 1. The van der Waals surface area contributed by atoms with Gasteiger partial charge in [-0.15, -0.1) is 11.8 Å². The third-order valence-electron chi connectivity index (χ3n) is 25.4. The van der Waals surface area contributed by atoms with E-state index in [0.29, 0.717) is 62.7 Å². The number of urea groups is 1. The highest BCUT2D eigenvalue weighted by Crippen LogP contribution is 2.36. The maximum atomic E-state index is 14.9. The molecule has 0 spiro atoms. The number of likely N-dealkylation sites (tertiary alicyclic amines) is 2. The van der Waals surface area contributed by atoms with Gasteiger partial charge in [-0.1, -0.05) is 131 Å². The van der Waals surface area contributed by atoms with Gasteiger partial charge in [0.05, 0.1) is 67.7 Å². The quantitative estimate of drug-likeness (QED) is 0.0156. The molecule has 2 fully saturated rings. The van der Waals surface area contributed by atoms with Crippen LogP contribution >= 0.6 is 11.8 Å². The van der Waals surface area contributed by atoms with Crippen LogP contribution in [0.15, 0.2) is 64.6 Å². The SMILES string of the molecule is CC[C@H](C)C([C@@H](CC(=O)N1CCC[C@H]1[C@H](C)[C@@H](C)C(=O)C[C@H](C)[C@@H](O)c1ccccc1)OC)N(C)C(=O)[C@@H](NC(=O)[C@H](C(C)C)N(C)C(=O)OCc1ccc(NC(=O)[C@H](CCCNC(N)=O)CC(=O)[C@@H](NC(=O)CCCCCN2C(=O)CC(SC[C@@H](CC(=O)[C@@H](CCCN=C(N)N)NC(=O)[C@@H](CCCN=C(N)N)CC(C)=O)C(=O)NCCOCCOCCCC(N)=O)C2=O)C(C)C)cc1)C(C)C. The first kappa shape index (κ1) is 119. The van der Waals surface area contributed by atoms with E-state index >= 15 is 0 Å². The monoisotopic (exact) mass is 1940 g/mol. The number of carbonyl (C=O) groups is 16. The molecule has 16 atom stereocenters. The molecule has 0 saturated carbocycles. The molecule has 19 N–H and O–H groups in total. The number of ether oxygens (including phenoxy) is 4. The molecule has 2 aromatic rings. The van der Waals surface area contributed by atoms with Gasteiger partial charge in [0.25, 0.3) is 0 Å². The lowest BCUT2D eigenvalue weighted by molar-refractivity contribution is -0.146. The number of nitrogens with one attached hydrogen (secondary N) is 6. The zero-order valence-corrected chi connectivity index (χ0v) is 84.0. The molecule has 137 heavy (non-hydrogen) atoms. The van der Waals surface area contributed by atoms with E-state index in [0.717, 1.165) is 28.6 Å². The number of hydrogen-bond acceptors (Lipinski definition) is 24. The van der Waals surface area contributed by atoms with Crippen LogP contribution in [0.3, 0.4) is 0 Å². The number of rotatable bonds is 68. The average Bonchev–Trinajstić information content (AvgIpc) is 1.65. The van der Waals surface area contributed by atoms with Crippen molar-refractivity contribution in [2.45, 2.75) is 278 Å². The molecule has 39 nitrogen and oxygen atoms in total. The Bertz CT molecular complexity index is 4290. The maximum absolute atomic E-state index is 14.9. The molecular formula is C97H158N18O21S. The number of likely N-dealkylation sites (N-methyl/N-ethyl adjacent to an activating group) is 2. The van der Waals surface area contributed by atoms with E-state index in [1.54, 1.807) is 77.8 Å². The van der Waals surface area contributed by atoms with Crippen molar-refractivity contribution >= 4 is 124 Å². The molecular weight excluding hydrogens is 1790 g/mol. The fourth-order valence-corrected chi connectivity index (χ4v) is 18.4. The maximum Gasteiger partial charge on any atom is 0.410 e. The Morgan fingerprint density at radius 1 is 0.599 bits per heavy atom. The number of guanidine groups is 2. The number of primary amides is 2. The van der Waals surface area contributed by atoms with Crippen molar-refractivity contribution in [1.82, 2.24) is 46.2 Å². The smallest absolute Gasteiger partial charge is 0.410 e. The van der Waals surface area contributed by atoms with Crippen LogP contribution in [-0.4, -0.2) is 271 Å². The third kappa shape index (κ3) is 41.9. The Balaban J connectivity index is 1.37. The first-order valence-electron chi connectivity index (χ1n) is 48.2. The van der Waals surface area contributed by atoms with Crippen molar-refractivity contribution in [3.8, 4) is 0 Å². The average molecular weight is 1940 g/mol. The Labute approximate surface area is 812 Å². The van der Waals surface area contributed by atoms with Crippen molar-refractivity contribution in [2.75, 3.05) is 98.0 Å². The van der Waals surface area contributed by atoms with E-state index in [9.17, 15) is 81.8 Å². The van der Waals surface area contributed by atoms with Crippen molar-refractivity contribution in [1.29, 1.82) is 0 Å². The Morgan fingerprint density at radius 2 is 1.22 bits per heavy atom. The second-order valence-electron chi connectivity index (χ2n) is 37.3. The van der Waals surface area contributed by atoms with Gasteiger partial charge >= 0.3 is 12.1 Å². The number of ketones is 4. The van der Waals surface area contributed by atoms with Gasteiger partial charge in [0, 0.05) is 147 Å². The number of aliphatic hydroxyl groups excluding tert-OH is 1. The Kier molecular flexibility index (Phi) is 53.9. The molecule has 2 unspecified atom stereocenters. The summed E-state index contributed by atoms with van der Waals surface area (Å²) >= 11 is 1.03. The van der Waals surface area contributed by atoms with E-state index in [1.807, 2.05) is 69.9 Å². The van der Waals surface area contributed by atoms with Crippen LogP contribution in [0, 0.1) is 59.2 Å². The number of thioether (sulfide) groups is 1. The van der Waals surface area contributed by atoms with E-state index < -0.39 is 172 Å². The number of methoxy groups -OCH3 is 1. The summed E-state index contributed by atoms with van der Waals surface area (Å²) in [7, 11) is 4.58. The first-order chi connectivity index (χ1) is 64.8. The number of unbranched alkanes of at least 4 members (excludes halogenated alkanes) is 2. The molecule has 40 heteroatoms. The van der Waals surface area contributed by atoms with Gasteiger partial charge in [-0.05, 0) is 136 Å². The number of carbonyl (C=O) groups excluding carboxylic acids is 16. The lowest BCUT2D eigenvalue weighted by Gasteiger charge is -2.41. The van der Waals surface area contributed by atoms with Gasteiger partial charge in [0.2, 0.25) is 59.1 Å².